The van der Waals surface area contributed by atoms with Crippen molar-refractivity contribution in [2.45, 2.75) is 51.4 Å². The summed E-state index contributed by atoms with van der Waals surface area (Å²) in [5.41, 5.74) is 4.07. The van der Waals surface area contributed by atoms with Crippen molar-refractivity contribution in [3.8, 4) is 0 Å². The standard InChI is InChI=1S/C28H36N4O2/c33-27(29-23-9-1-3-11-25(23)31-17-5-6-18-31)21-13-15-22(16-14-21)28(34)30-24-10-2-4-12-26(24)32-19-7-8-20-32/h1-4,9-12,21-22H,5-8,13-20H2,(H,29,33)(H,30,34). The molecule has 3 aliphatic rings. The van der Waals surface area contributed by atoms with Crippen LogP contribution in [0.4, 0.5) is 22.7 Å². The van der Waals surface area contributed by atoms with Gasteiger partial charge in [0.2, 0.25) is 11.8 Å². The summed E-state index contributed by atoms with van der Waals surface area (Å²) < 4.78 is 0. The Balaban J connectivity index is 1.16. The van der Waals surface area contributed by atoms with Crippen LogP contribution < -0.4 is 20.4 Å². The van der Waals surface area contributed by atoms with E-state index in [1.165, 1.54) is 25.7 Å². The molecule has 2 aromatic carbocycles. The average molecular weight is 461 g/mol. The van der Waals surface area contributed by atoms with Gasteiger partial charge in [0.1, 0.15) is 0 Å². The van der Waals surface area contributed by atoms with Crippen molar-refractivity contribution >= 4 is 34.6 Å². The summed E-state index contributed by atoms with van der Waals surface area (Å²) in [6.45, 7) is 4.20. The molecule has 0 bridgehead atoms. The molecule has 2 aliphatic heterocycles. The number of anilines is 4. The summed E-state index contributed by atoms with van der Waals surface area (Å²) in [6.07, 6.45) is 7.84. The molecule has 180 valence electrons. The highest BCUT2D eigenvalue weighted by atomic mass is 16.2. The number of carbonyl (C=O) groups is 2. The van der Waals surface area contributed by atoms with Gasteiger partial charge in [0.25, 0.3) is 0 Å². The Kier molecular flexibility index (Phi) is 7.02. The van der Waals surface area contributed by atoms with Crippen LogP contribution in [0.2, 0.25) is 0 Å². The van der Waals surface area contributed by atoms with E-state index in [4.69, 9.17) is 0 Å². The third kappa shape index (κ3) is 5.06. The fraction of sp³-hybridized carbons (Fsp3) is 0.500. The van der Waals surface area contributed by atoms with Crippen LogP contribution in [0, 0.1) is 11.8 Å². The van der Waals surface area contributed by atoms with E-state index in [1.54, 1.807) is 0 Å². The molecule has 2 aromatic rings. The SMILES string of the molecule is O=C(Nc1ccccc1N1CCCC1)C1CCC(C(=O)Nc2ccccc2N2CCCC2)CC1. The van der Waals surface area contributed by atoms with Gasteiger partial charge < -0.3 is 20.4 Å². The first kappa shape index (κ1) is 22.8. The molecule has 0 unspecified atom stereocenters. The first-order valence-electron chi connectivity index (χ1n) is 13.0. The predicted molar refractivity (Wildman–Crippen MR) is 138 cm³/mol. The van der Waals surface area contributed by atoms with E-state index >= 15 is 0 Å². The fourth-order valence-corrected chi connectivity index (χ4v) is 5.71. The first-order valence-corrected chi connectivity index (χ1v) is 13.0. The summed E-state index contributed by atoms with van der Waals surface area (Å²) >= 11 is 0. The maximum absolute atomic E-state index is 13.1. The second-order valence-electron chi connectivity index (χ2n) is 9.95. The number of nitrogens with zero attached hydrogens (tertiary/aromatic N) is 2. The van der Waals surface area contributed by atoms with Gasteiger partial charge in [-0.2, -0.15) is 0 Å². The van der Waals surface area contributed by atoms with E-state index in [1.807, 2.05) is 36.4 Å². The second-order valence-corrected chi connectivity index (χ2v) is 9.95. The zero-order valence-corrected chi connectivity index (χ0v) is 20.0. The Morgan fingerprint density at radius 1 is 0.588 bits per heavy atom. The highest BCUT2D eigenvalue weighted by Gasteiger charge is 2.31. The number of rotatable bonds is 6. The Bertz CT molecular complexity index is 921. The van der Waals surface area contributed by atoms with E-state index in [0.29, 0.717) is 0 Å². The molecular formula is C28H36N4O2. The van der Waals surface area contributed by atoms with Crippen molar-refractivity contribution in [1.29, 1.82) is 0 Å². The Morgan fingerprint density at radius 2 is 0.941 bits per heavy atom. The number of amides is 2. The molecule has 1 saturated carbocycles. The average Bonchev–Trinajstić information content (AvgIpc) is 3.60. The van der Waals surface area contributed by atoms with Crippen molar-refractivity contribution < 1.29 is 9.59 Å². The smallest absolute Gasteiger partial charge is 0.227 e. The minimum absolute atomic E-state index is 0.0347. The molecule has 5 rings (SSSR count). The van der Waals surface area contributed by atoms with Crippen molar-refractivity contribution in [1.82, 2.24) is 0 Å². The van der Waals surface area contributed by atoms with Gasteiger partial charge in [-0.05, 0) is 75.6 Å². The highest BCUT2D eigenvalue weighted by Crippen LogP contribution is 2.34. The van der Waals surface area contributed by atoms with Crippen LogP contribution >= 0.6 is 0 Å². The maximum atomic E-state index is 13.1. The number of carbonyl (C=O) groups excluding carboxylic acids is 2. The number of hydrogen-bond donors (Lipinski definition) is 2. The van der Waals surface area contributed by atoms with E-state index in [-0.39, 0.29) is 23.7 Å². The Morgan fingerprint density at radius 3 is 1.32 bits per heavy atom. The minimum atomic E-state index is -0.0347. The molecule has 34 heavy (non-hydrogen) atoms. The van der Waals surface area contributed by atoms with Crippen molar-refractivity contribution in [3.63, 3.8) is 0 Å². The number of nitrogens with one attached hydrogen (secondary N) is 2. The zero-order chi connectivity index (χ0) is 23.3. The lowest BCUT2D eigenvalue weighted by Crippen LogP contribution is -2.32. The Hall–Kier alpha value is -3.02. The number of hydrogen-bond acceptors (Lipinski definition) is 4. The van der Waals surface area contributed by atoms with Crippen molar-refractivity contribution in [3.05, 3.63) is 48.5 Å². The molecule has 0 aromatic heterocycles. The van der Waals surface area contributed by atoms with Crippen LogP contribution in [-0.2, 0) is 9.59 Å². The molecule has 0 spiro atoms. The van der Waals surface area contributed by atoms with Gasteiger partial charge in [-0.1, -0.05) is 24.3 Å². The number of benzene rings is 2. The maximum Gasteiger partial charge on any atom is 0.227 e. The summed E-state index contributed by atoms with van der Waals surface area (Å²) in [4.78, 5) is 30.8. The quantitative estimate of drug-likeness (QED) is 0.616. The molecule has 0 atom stereocenters. The van der Waals surface area contributed by atoms with Crippen LogP contribution in [-0.4, -0.2) is 38.0 Å². The second kappa shape index (κ2) is 10.5. The lowest BCUT2D eigenvalue weighted by atomic mass is 9.81. The molecular weight excluding hydrogens is 424 g/mol. The third-order valence-electron chi connectivity index (χ3n) is 7.69. The molecule has 0 radical (unpaired) electrons. The highest BCUT2D eigenvalue weighted by molar-refractivity contribution is 5.97. The molecule has 1 aliphatic carbocycles. The van der Waals surface area contributed by atoms with Crippen LogP contribution in [0.25, 0.3) is 0 Å². The molecule has 2 amide bonds. The summed E-state index contributed by atoms with van der Waals surface area (Å²) in [7, 11) is 0. The van der Waals surface area contributed by atoms with E-state index < -0.39 is 0 Å². The van der Waals surface area contributed by atoms with E-state index in [2.05, 4.69) is 32.6 Å². The topological polar surface area (TPSA) is 64.7 Å². The summed E-state index contributed by atoms with van der Waals surface area (Å²) in [5, 5.41) is 6.39. The van der Waals surface area contributed by atoms with Crippen LogP contribution in [0.3, 0.4) is 0 Å². The van der Waals surface area contributed by atoms with Gasteiger partial charge in [-0.3, -0.25) is 9.59 Å². The van der Waals surface area contributed by atoms with Gasteiger partial charge in [0.15, 0.2) is 0 Å². The predicted octanol–water partition coefficient (Wildman–Crippen LogP) is 5.27. The number of para-hydroxylation sites is 4. The lowest BCUT2D eigenvalue weighted by molar-refractivity contribution is -0.125. The molecule has 2 N–H and O–H groups in total. The van der Waals surface area contributed by atoms with E-state index in [9.17, 15) is 9.59 Å². The largest absolute Gasteiger partial charge is 0.370 e. The monoisotopic (exact) mass is 460 g/mol. The fourth-order valence-electron chi connectivity index (χ4n) is 5.71. The Labute approximate surface area is 202 Å². The van der Waals surface area contributed by atoms with Gasteiger partial charge in [-0.25, -0.2) is 0 Å². The van der Waals surface area contributed by atoms with Crippen LogP contribution in [0.15, 0.2) is 48.5 Å². The molecule has 6 nitrogen and oxygen atoms in total. The van der Waals surface area contributed by atoms with Crippen LogP contribution in [0.5, 0.6) is 0 Å². The van der Waals surface area contributed by atoms with Gasteiger partial charge in [0, 0.05) is 38.0 Å². The summed E-state index contributed by atoms with van der Waals surface area (Å²) in [6, 6.07) is 16.2. The lowest BCUT2D eigenvalue weighted by Gasteiger charge is -2.29. The van der Waals surface area contributed by atoms with Gasteiger partial charge >= 0.3 is 0 Å². The summed E-state index contributed by atoms with van der Waals surface area (Å²) in [5.74, 6) is 0.106. The van der Waals surface area contributed by atoms with Crippen molar-refractivity contribution in [2.75, 3.05) is 46.6 Å². The minimum Gasteiger partial charge on any atom is -0.370 e. The van der Waals surface area contributed by atoms with Crippen molar-refractivity contribution in [2.24, 2.45) is 11.8 Å². The first-order chi connectivity index (χ1) is 16.7. The molecule has 6 heteroatoms. The van der Waals surface area contributed by atoms with Gasteiger partial charge in [0.05, 0.1) is 22.7 Å². The van der Waals surface area contributed by atoms with Crippen LogP contribution in [0.1, 0.15) is 51.4 Å². The molecule has 3 fully saturated rings. The zero-order valence-electron chi connectivity index (χ0n) is 20.0. The third-order valence-corrected chi connectivity index (χ3v) is 7.69. The molecule has 2 saturated heterocycles. The molecule has 2 heterocycles. The van der Waals surface area contributed by atoms with E-state index in [0.717, 1.165) is 74.6 Å². The normalized spacial score (nSPS) is 22.6. The van der Waals surface area contributed by atoms with Gasteiger partial charge in [-0.15, -0.1) is 0 Å².